The van der Waals surface area contributed by atoms with Crippen LogP contribution in [0.25, 0.3) is 0 Å². The Hall–Kier alpha value is -13.7. The van der Waals surface area contributed by atoms with Gasteiger partial charge in [-0.25, -0.2) is 28.8 Å². The molecule has 0 saturated heterocycles. The van der Waals surface area contributed by atoms with Crippen LogP contribution in [0.5, 0.6) is 34.5 Å². The average Bonchev–Trinajstić information content (AvgIpc) is 1.59. The zero-order valence-electron chi connectivity index (χ0n) is 80.9. The van der Waals surface area contributed by atoms with Gasteiger partial charge in [0.2, 0.25) is 5.75 Å². The number of ketones is 1. The molecule has 140 heavy (non-hydrogen) atoms. The Morgan fingerprint density at radius 3 is 1.18 bits per heavy atom. The van der Waals surface area contributed by atoms with Crippen molar-refractivity contribution in [2.24, 2.45) is 53.3 Å². The quantitative estimate of drug-likeness (QED) is 0.0113. The van der Waals surface area contributed by atoms with Gasteiger partial charge in [0, 0.05) is 65.5 Å². The highest BCUT2D eigenvalue weighted by atomic mass is 16.6. The van der Waals surface area contributed by atoms with E-state index in [1.807, 2.05) is 12.1 Å². The Kier molecular flexibility index (Phi) is 45.7. The topological polar surface area (TPSA) is 412 Å². The van der Waals surface area contributed by atoms with Crippen molar-refractivity contribution < 1.29 is 148 Å². The molecule has 0 spiro atoms. The zero-order valence-corrected chi connectivity index (χ0v) is 80.9. The fourth-order valence-corrected chi connectivity index (χ4v) is 17.8. The Morgan fingerprint density at radius 1 is 0.307 bits per heavy atom. The van der Waals surface area contributed by atoms with Gasteiger partial charge in [-0.2, -0.15) is 0 Å². The van der Waals surface area contributed by atoms with Crippen molar-refractivity contribution in [1.29, 1.82) is 0 Å². The van der Waals surface area contributed by atoms with Crippen LogP contribution in [-0.4, -0.2) is 154 Å². The summed E-state index contributed by atoms with van der Waals surface area (Å²) in [5.41, 5.74) is 1.94. The standard InChI is InChI=1S/2C28H30O10.C27H36O6.C26H32O5/c1-17(29)36-24-13-23(14-25(37-18(2)30)26(24)38-19(3)31)28(33)35-16-21-11-9-20(10-12-21)15-34-27(32)22-7-5-4-6-8-22;1-18(29)36-24-14-8-6-12-22(24)27(32)34-16-21(38-26(31)20-10-4-3-5-11-20)17-35-28(33)23-13-7-9-15-25(23)37-19(2)30;1-3-4-5-10-26(29)31-15-18-11-22-19-13-20(23(14-19)24(22)12-18)16-32-27(30)21-8-6-7-9-25(21)33-17(2)28;1-2-3-7-18-24(27)30-19-12-4-5-13-20-31-26(29)23-17-11-10-16-22(23)25(28)21-14-8-6-9-15-21/h4-8,13-14,20-21H,9-12,15-16H2,1-3H3;6-9,12-15,20-21H,3-5,10-11,16-17H2,1-2H3;6-9,18-20,22-24H,3-5,10-16H2,1-2H3;6,8-11,14-17H,2-5,7,12-13,18-20H2,1H3/t;;18?,19?,20?,22-,23?,24-;/m..0./s1. The zero-order chi connectivity index (χ0) is 101. The van der Waals surface area contributed by atoms with Gasteiger partial charge in [-0.15, -0.1) is 0 Å². The number of esters is 15. The van der Waals surface area contributed by atoms with Crippen LogP contribution in [-0.2, 0) is 85.8 Å². The van der Waals surface area contributed by atoms with E-state index in [9.17, 15) is 76.7 Å². The maximum Gasteiger partial charge on any atom is 0.342 e. The molecule has 7 aromatic carbocycles. The normalized spacial score (nSPS) is 17.4. The van der Waals surface area contributed by atoms with E-state index in [4.69, 9.17) is 71.1 Å². The van der Waals surface area contributed by atoms with E-state index in [0.717, 1.165) is 155 Å². The molecule has 0 radical (unpaired) electrons. The third-order valence-electron chi connectivity index (χ3n) is 24.5. The molecule has 5 aliphatic rings. The highest BCUT2D eigenvalue weighted by Gasteiger charge is 2.56. The summed E-state index contributed by atoms with van der Waals surface area (Å²) >= 11 is 0. The van der Waals surface area contributed by atoms with Gasteiger partial charge in [-0.05, 0) is 217 Å². The minimum absolute atomic E-state index is 0.00682. The molecule has 12 rings (SSSR count). The Morgan fingerprint density at radius 2 is 0.700 bits per heavy atom. The van der Waals surface area contributed by atoms with Gasteiger partial charge in [0.05, 0.1) is 62.2 Å². The number of fused-ring (bicyclic) bond motifs is 5. The van der Waals surface area contributed by atoms with Gasteiger partial charge in [-0.1, -0.05) is 162 Å². The molecule has 0 aromatic heterocycles. The molecule has 750 valence electrons. The molecule has 5 aliphatic carbocycles. The van der Waals surface area contributed by atoms with Gasteiger partial charge in [0.1, 0.15) is 47.2 Å². The summed E-state index contributed by atoms with van der Waals surface area (Å²) in [7, 11) is 0. The summed E-state index contributed by atoms with van der Waals surface area (Å²) in [4.78, 5) is 193. The first-order chi connectivity index (χ1) is 67.4. The lowest BCUT2D eigenvalue weighted by atomic mass is 9.76. The number of hydrogen-bond donors (Lipinski definition) is 0. The summed E-state index contributed by atoms with van der Waals surface area (Å²) < 4.78 is 79.5. The van der Waals surface area contributed by atoms with E-state index in [0.29, 0.717) is 105 Å². The van der Waals surface area contributed by atoms with Crippen molar-refractivity contribution in [3.63, 3.8) is 0 Å². The predicted octanol–water partition coefficient (Wildman–Crippen LogP) is 19.3. The highest BCUT2D eigenvalue weighted by Crippen LogP contribution is 2.62. The lowest BCUT2D eigenvalue weighted by Crippen LogP contribution is -2.33. The first kappa shape index (κ1) is 110. The number of carbonyl (C=O) groups is 16. The Labute approximate surface area is 816 Å². The van der Waals surface area contributed by atoms with Crippen molar-refractivity contribution >= 4 is 95.3 Å². The van der Waals surface area contributed by atoms with Gasteiger partial charge in [-0.3, -0.25) is 47.9 Å². The average molecular weight is 1930 g/mol. The van der Waals surface area contributed by atoms with Crippen molar-refractivity contribution in [2.75, 3.05) is 52.9 Å². The summed E-state index contributed by atoms with van der Waals surface area (Å²) in [6.07, 6.45) is 21.5. The largest absolute Gasteiger partial charge is 0.466 e. The molecule has 4 unspecified atom stereocenters. The summed E-state index contributed by atoms with van der Waals surface area (Å²) in [5, 5.41) is 0. The minimum Gasteiger partial charge on any atom is -0.466 e. The molecule has 5 fully saturated rings. The number of carbonyl (C=O) groups excluding carboxylic acids is 16. The Balaban J connectivity index is 0.000000209. The van der Waals surface area contributed by atoms with Crippen LogP contribution >= 0.6 is 0 Å². The number of benzene rings is 7. The van der Waals surface area contributed by atoms with Gasteiger partial charge >= 0.3 is 89.5 Å². The van der Waals surface area contributed by atoms with Gasteiger partial charge < -0.3 is 71.1 Å². The minimum atomic E-state index is -1.10. The maximum atomic E-state index is 12.8. The Bertz CT molecular complexity index is 5220. The van der Waals surface area contributed by atoms with Crippen molar-refractivity contribution in [2.45, 2.75) is 222 Å². The van der Waals surface area contributed by atoms with Crippen molar-refractivity contribution in [3.8, 4) is 34.5 Å². The molecule has 6 atom stereocenters. The number of ether oxygens (including phenoxy) is 15. The van der Waals surface area contributed by atoms with Crippen LogP contribution in [0.1, 0.15) is 294 Å². The summed E-state index contributed by atoms with van der Waals surface area (Å²) in [6, 6.07) is 45.6. The van der Waals surface area contributed by atoms with E-state index >= 15 is 0 Å². The molecule has 31 nitrogen and oxygen atoms in total. The SMILES string of the molecule is CC(=O)Oc1cc(C(=O)OCC2CCC(COC(=O)c3ccccc3)CC2)cc(OC(C)=O)c1OC(C)=O.CC(=O)Oc1ccccc1C(=O)OCC(COC(=O)c1ccccc1OC(C)=O)OC(=O)C1CCCCC1.CCCCCC(=O)OCC1C[C@@H]2C3CC(CC3COC(=O)c3ccccc3OC(C)=O)[C@@H]2C1.CCCCCC(=O)OCCCCCCOC(=O)c1ccccc1C(=O)c1ccccc1. The fourth-order valence-electron chi connectivity index (χ4n) is 17.8. The number of para-hydroxylation sites is 3. The van der Waals surface area contributed by atoms with Crippen LogP contribution in [0.4, 0.5) is 0 Å². The van der Waals surface area contributed by atoms with E-state index < -0.39 is 90.9 Å². The maximum absolute atomic E-state index is 12.8. The summed E-state index contributed by atoms with van der Waals surface area (Å²) in [5.74, 6) is -5.25. The van der Waals surface area contributed by atoms with E-state index in [1.165, 1.54) is 63.6 Å². The first-order valence-corrected chi connectivity index (χ1v) is 48.3. The molecule has 7 aromatic rings. The van der Waals surface area contributed by atoms with Crippen molar-refractivity contribution in [1.82, 2.24) is 0 Å². The molecular weight excluding hydrogens is 1810 g/mol. The summed E-state index contributed by atoms with van der Waals surface area (Å²) in [6.45, 7) is 12.7. The van der Waals surface area contributed by atoms with Crippen LogP contribution in [0, 0.1) is 53.3 Å². The number of rotatable bonds is 43. The number of unbranched alkanes of at least 4 members (excludes halogenated alkanes) is 7. The molecule has 2 bridgehead atoms. The molecule has 5 saturated carbocycles. The molecule has 0 N–H and O–H groups in total. The van der Waals surface area contributed by atoms with Crippen LogP contribution in [0.15, 0.2) is 170 Å². The van der Waals surface area contributed by atoms with Gasteiger partial charge in [0.15, 0.2) is 23.4 Å². The highest BCUT2D eigenvalue weighted by molar-refractivity contribution is 6.14. The molecule has 0 amide bonds. The lowest BCUT2D eigenvalue weighted by molar-refractivity contribution is -0.160. The molecule has 31 heteroatoms. The van der Waals surface area contributed by atoms with Crippen LogP contribution in [0.2, 0.25) is 0 Å². The molecular formula is C109H128O31. The monoisotopic (exact) mass is 1930 g/mol. The lowest BCUT2D eigenvalue weighted by Gasteiger charge is -2.31. The van der Waals surface area contributed by atoms with Crippen LogP contribution < -0.4 is 28.4 Å². The second kappa shape index (κ2) is 58.2. The van der Waals surface area contributed by atoms with Crippen LogP contribution in [0.3, 0.4) is 0 Å². The fraction of sp³-hybridized carbons (Fsp3) is 0.468. The van der Waals surface area contributed by atoms with E-state index in [2.05, 4.69) is 13.8 Å². The smallest absolute Gasteiger partial charge is 0.342 e. The molecule has 0 aliphatic heterocycles. The molecule has 0 heterocycles. The number of hydrogen-bond acceptors (Lipinski definition) is 31. The third-order valence-corrected chi connectivity index (χ3v) is 24.5. The second-order valence-corrected chi connectivity index (χ2v) is 35.4. The van der Waals surface area contributed by atoms with E-state index in [1.54, 1.807) is 121 Å². The van der Waals surface area contributed by atoms with E-state index in [-0.39, 0.29) is 110 Å². The predicted molar refractivity (Wildman–Crippen MR) is 508 cm³/mol. The van der Waals surface area contributed by atoms with Crippen molar-refractivity contribution in [3.05, 3.63) is 214 Å². The third kappa shape index (κ3) is 36.6. The van der Waals surface area contributed by atoms with Gasteiger partial charge in [0.25, 0.3) is 0 Å². The second-order valence-electron chi connectivity index (χ2n) is 35.4. The first-order valence-electron chi connectivity index (χ1n) is 48.3.